The lowest BCUT2D eigenvalue weighted by atomic mass is 9.88. The second-order valence-electron chi connectivity index (χ2n) is 3.95. The van der Waals surface area contributed by atoms with Crippen molar-refractivity contribution >= 4 is 0 Å². The fourth-order valence-electron chi connectivity index (χ4n) is 2.05. The number of hydrogen-bond acceptors (Lipinski definition) is 1. The summed E-state index contributed by atoms with van der Waals surface area (Å²) >= 11 is 0. The highest BCUT2D eigenvalue weighted by molar-refractivity contribution is 5.08. The van der Waals surface area contributed by atoms with Gasteiger partial charge in [-0.3, -0.25) is 0 Å². The summed E-state index contributed by atoms with van der Waals surface area (Å²) in [6.07, 6.45) is 11.2. The highest BCUT2D eigenvalue weighted by Gasteiger charge is 2.12. The summed E-state index contributed by atoms with van der Waals surface area (Å²) in [5, 5.41) is 0. The van der Waals surface area contributed by atoms with Crippen LogP contribution in [0.25, 0.3) is 0 Å². The van der Waals surface area contributed by atoms with Crippen molar-refractivity contribution in [2.45, 2.75) is 32.6 Å². The fraction of sp³-hybridized carbons (Fsp3) is 0.545. The molecule has 2 rings (SSSR count). The Balaban J connectivity index is 1.99. The van der Waals surface area contributed by atoms with Crippen LogP contribution in [0, 0.1) is 5.92 Å². The van der Waals surface area contributed by atoms with E-state index < -0.39 is 0 Å². The van der Waals surface area contributed by atoms with E-state index in [0.717, 1.165) is 12.3 Å². The molecule has 1 atom stereocenters. The third kappa shape index (κ3) is 2.20. The molecular formula is C11H16N2. The predicted octanol–water partition coefficient (Wildman–Crippen LogP) is 2.70. The van der Waals surface area contributed by atoms with Gasteiger partial charge in [0.05, 0.1) is 6.33 Å². The molecular weight excluding hydrogens is 160 g/mol. The lowest BCUT2D eigenvalue weighted by Crippen LogP contribution is -2.06. The predicted molar refractivity (Wildman–Crippen MR) is 53.4 cm³/mol. The average molecular weight is 176 g/mol. The molecule has 0 saturated carbocycles. The van der Waals surface area contributed by atoms with Gasteiger partial charge in [0, 0.05) is 11.9 Å². The minimum Gasteiger partial charge on any atom is -0.348 e. The number of nitrogens with zero attached hydrogens (tertiary/aromatic N) is 1. The maximum absolute atomic E-state index is 4.03. The number of rotatable bonds is 2. The molecule has 0 radical (unpaired) electrons. The van der Waals surface area contributed by atoms with Crippen molar-refractivity contribution in [3.63, 3.8) is 0 Å². The van der Waals surface area contributed by atoms with Crippen molar-refractivity contribution in [3.05, 3.63) is 29.9 Å². The van der Waals surface area contributed by atoms with Gasteiger partial charge in [-0.25, -0.2) is 4.98 Å². The summed E-state index contributed by atoms with van der Waals surface area (Å²) in [5.74, 6) is 0.731. The van der Waals surface area contributed by atoms with Crippen LogP contribution >= 0.6 is 0 Å². The van der Waals surface area contributed by atoms with E-state index in [4.69, 9.17) is 0 Å². The largest absolute Gasteiger partial charge is 0.348 e. The van der Waals surface area contributed by atoms with E-state index in [1.165, 1.54) is 25.0 Å². The fourth-order valence-corrected chi connectivity index (χ4v) is 2.05. The smallest absolute Gasteiger partial charge is 0.0921 e. The molecule has 1 aromatic rings. The third-order valence-corrected chi connectivity index (χ3v) is 2.70. The maximum Gasteiger partial charge on any atom is 0.0921 e. The van der Waals surface area contributed by atoms with Gasteiger partial charge in [0.25, 0.3) is 0 Å². The molecule has 2 heteroatoms. The van der Waals surface area contributed by atoms with Crippen LogP contribution in [0.2, 0.25) is 0 Å². The van der Waals surface area contributed by atoms with Crippen LogP contribution in [0.15, 0.2) is 24.2 Å². The van der Waals surface area contributed by atoms with Crippen molar-refractivity contribution in [1.29, 1.82) is 0 Å². The molecule has 0 aromatic carbocycles. The van der Waals surface area contributed by atoms with Gasteiger partial charge in [0.15, 0.2) is 0 Å². The van der Waals surface area contributed by atoms with Gasteiger partial charge in [-0.15, -0.1) is 0 Å². The molecule has 0 amide bonds. The molecule has 2 nitrogen and oxygen atoms in total. The molecule has 13 heavy (non-hydrogen) atoms. The summed E-state index contributed by atoms with van der Waals surface area (Å²) in [5.41, 5.74) is 2.81. The van der Waals surface area contributed by atoms with Crippen molar-refractivity contribution in [2.24, 2.45) is 5.92 Å². The lowest BCUT2D eigenvalue weighted by Gasteiger charge is -2.18. The first kappa shape index (κ1) is 8.54. The van der Waals surface area contributed by atoms with E-state index in [2.05, 4.69) is 23.0 Å². The Morgan fingerprint density at radius 3 is 3.23 bits per heavy atom. The molecule has 1 aliphatic carbocycles. The average Bonchev–Trinajstić information content (AvgIpc) is 2.57. The van der Waals surface area contributed by atoms with Gasteiger partial charge in [-0.1, -0.05) is 11.6 Å². The Morgan fingerprint density at radius 2 is 2.54 bits per heavy atom. The Morgan fingerprint density at radius 1 is 1.62 bits per heavy atom. The van der Waals surface area contributed by atoms with Crippen LogP contribution in [0.5, 0.6) is 0 Å². The Labute approximate surface area is 79.1 Å². The van der Waals surface area contributed by atoms with Crippen LogP contribution in [-0.2, 0) is 6.42 Å². The highest BCUT2D eigenvalue weighted by atomic mass is 14.9. The van der Waals surface area contributed by atoms with Crippen LogP contribution in [-0.4, -0.2) is 9.97 Å². The van der Waals surface area contributed by atoms with E-state index >= 15 is 0 Å². The molecule has 1 heterocycles. The first-order valence-electron chi connectivity index (χ1n) is 4.99. The van der Waals surface area contributed by atoms with Gasteiger partial charge < -0.3 is 4.98 Å². The van der Waals surface area contributed by atoms with E-state index in [9.17, 15) is 0 Å². The number of aromatic nitrogens is 2. The van der Waals surface area contributed by atoms with Gasteiger partial charge >= 0.3 is 0 Å². The number of H-pyrrole nitrogens is 1. The van der Waals surface area contributed by atoms with Crippen molar-refractivity contribution in [2.75, 3.05) is 0 Å². The molecule has 0 fully saturated rings. The number of nitrogens with one attached hydrogen (secondary N) is 1. The second-order valence-corrected chi connectivity index (χ2v) is 3.95. The van der Waals surface area contributed by atoms with Crippen molar-refractivity contribution in [1.82, 2.24) is 9.97 Å². The molecule has 0 bridgehead atoms. The SMILES string of the molecule is CC1=CC(Cc2cnc[nH]2)CCC1. The van der Waals surface area contributed by atoms with E-state index in [1.807, 2.05) is 6.20 Å². The molecule has 0 saturated heterocycles. The van der Waals surface area contributed by atoms with Gasteiger partial charge in [0.1, 0.15) is 0 Å². The zero-order valence-electron chi connectivity index (χ0n) is 8.09. The quantitative estimate of drug-likeness (QED) is 0.689. The standard InChI is InChI=1S/C11H16N2/c1-9-3-2-4-10(5-9)6-11-7-12-8-13-11/h5,7-8,10H,2-4,6H2,1H3,(H,12,13). The number of aromatic amines is 1. The zero-order valence-corrected chi connectivity index (χ0v) is 8.09. The number of allylic oxidation sites excluding steroid dienone is 2. The molecule has 1 unspecified atom stereocenters. The Kier molecular flexibility index (Phi) is 2.48. The molecule has 0 spiro atoms. The topological polar surface area (TPSA) is 28.7 Å². The molecule has 1 aliphatic rings. The van der Waals surface area contributed by atoms with Crippen LogP contribution in [0.4, 0.5) is 0 Å². The summed E-state index contributed by atoms with van der Waals surface area (Å²) in [4.78, 5) is 7.19. The van der Waals surface area contributed by atoms with Crippen LogP contribution in [0.3, 0.4) is 0 Å². The summed E-state index contributed by atoms with van der Waals surface area (Å²) in [6, 6.07) is 0. The Bertz CT molecular complexity index is 285. The monoisotopic (exact) mass is 176 g/mol. The van der Waals surface area contributed by atoms with E-state index in [-0.39, 0.29) is 0 Å². The lowest BCUT2D eigenvalue weighted by molar-refractivity contribution is 0.522. The number of imidazole rings is 1. The first-order valence-corrected chi connectivity index (χ1v) is 4.99. The van der Waals surface area contributed by atoms with E-state index in [1.54, 1.807) is 11.9 Å². The van der Waals surface area contributed by atoms with Gasteiger partial charge in [-0.05, 0) is 38.5 Å². The minimum absolute atomic E-state index is 0.731. The third-order valence-electron chi connectivity index (χ3n) is 2.70. The zero-order chi connectivity index (χ0) is 9.10. The summed E-state index contributed by atoms with van der Waals surface area (Å²) in [7, 11) is 0. The van der Waals surface area contributed by atoms with Crippen molar-refractivity contribution < 1.29 is 0 Å². The summed E-state index contributed by atoms with van der Waals surface area (Å²) in [6.45, 7) is 2.24. The second kappa shape index (κ2) is 3.77. The Hall–Kier alpha value is -1.05. The van der Waals surface area contributed by atoms with Crippen molar-refractivity contribution in [3.8, 4) is 0 Å². The molecule has 0 aliphatic heterocycles. The van der Waals surface area contributed by atoms with Gasteiger partial charge in [0.2, 0.25) is 0 Å². The maximum atomic E-state index is 4.03. The number of hydrogen-bond donors (Lipinski definition) is 1. The van der Waals surface area contributed by atoms with Crippen LogP contribution < -0.4 is 0 Å². The van der Waals surface area contributed by atoms with Crippen LogP contribution in [0.1, 0.15) is 31.9 Å². The molecule has 1 aromatic heterocycles. The first-order chi connectivity index (χ1) is 6.34. The normalized spacial score (nSPS) is 22.8. The van der Waals surface area contributed by atoms with E-state index in [0.29, 0.717) is 0 Å². The molecule has 1 N–H and O–H groups in total. The minimum atomic E-state index is 0.731. The van der Waals surface area contributed by atoms with Gasteiger partial charge in [-0.2, -0.15) is 0 Å². The molecule has 70 valence electrons. The summed E-state index contributed by atoms with van der Waals surface area (Å²) < 4.78 is 0. The highest BCUT2D eigenvalue weighted by Crippen LogP contribution is 2.24.